The molecule has 11 aromatic rings. The molecule has 0 aliphatic heterocycles. The molecule has 0 unspecified atom stereocenters. The lowest BCUT2D eigenvalue weighted by molar-refractivity contribution is 0.663. The molecule has 12 rings (SSSR count). The highest BCUT2D eigenvalue weighted by molar-refractivity contribution is 6.13. The van der Waals surface area contributed by atoms with Crippen LogP contribution in [0, 0.1) is 0 Å². The van der Waals surface area contributed by atoms with Crippen molar-refractivity contribution in [1.29, 1.82) is 0 Å². The molecule has 0 fully saturated rings. The van der Waals surface area contributed by atoms with Crippen LogP contribution in [-0.2, 0) is 5.41 Å². The summed E-state index contributed by atoms with van der Waals surface area (Å²) in [5.74, 6) is 0.695. The summed E-state index contributed by atoms with van der Waals surface area (Å²) >= 11 is 0. The Morgan fingerprint density at radius 1 is 0.349 bits per heavy atom. The van der Waals surface area contributed by atoms with Gasteiger partial charge in [0.25, 0.3) is 0 Å². The third-order valence-electron chi connectivity index (χ3n) is 13.2. The summed E-state index contributed by atoms with van der Waals surface area (Å²) in [7, 11) is 0. The van der Waals surface area contributed by atoms with Crippen LogP contribution in [0.3, 0.4) is 0 Å². The second kappa shape index (κ2) is 14.6. The molecule has 1 aliphatic rings. The second-order valence-corrected chi connectivity index (χ2v) is 17.2. The molecule has 296 valence electrons. The van der Waals surface area contributed by atoms with Crippen LogP contribution in [0.15, 0.2) is 213 Å². The van der Waals surface area contributed by atoms with Gasteiger partial charge in [-0.3, -0.25) is 4.98 Å². The van der Waals surface area contributed by atoms with Crippen molar-refractivity contribution < 1.29 is 0 Å². The number of hydrogen-bond donors (Lipinski definition) is 0. The Labute approximate surface area is 367 Å². The normalized spacial score (nSPS) is 12.7. The molecule has 2 aromatic heterocycles. The van der Waals surface area contributed by atoms with Gasteiger partial charge in [0.1, 0.15) is 0 Å². The lowest BCUT2D eigenvalue weighted by Gasteiger charge is -2.25. The predicted molar refractivity (Wildman–Crippen MR) is 263 cm³/mol. The first-order valence-electron chi connectivity index (χ1n) is 21.7. The molecule has 0 radical (unpaired) electrons. The van der Waals surface area contributed by atoms with Gasteiger partial charge in [0, 0.05) is 34.5 Å². The molecule has 0 atom stereocenters. The van der Waals surface area contributed by atoms with E-state index in [2.05, 4.69) is 195 Å². The van der Waals surface area contributed by atoms with Gasteiger partial charge in [-0.25, -0.2) is 9.97 Å². The highest BCUT2D eigenvalue weighted by atomic mass is 14.9. The third kappa shape index (κ3) is 6.07. The average Bonchev–Trinajstić information content (AvgIpc) is 3.57. The van der Waals surface area contributed by atoms with Crippen molar-refractivity contribution in [2.75, 3.05) is 0 Å². The average molecular weight is 804 g/mol. The first-order chi connectivity index (χ1) is 31.0. The smallest absolute Gasteiger partial charge is 0.160 e. The molecule has 0 N–H and O–H groups in total. The zero-order valence-electron chi connectivity index (χ0n) is 35.0. The Hall–Kier alpha value is -8.01. The van der Waals surface area contributed by atoms with E-state index in [4.69, 9.17) is 9.97 Å². The van der Waals surface area contributed by atoms with Gasteiger partial charge in [-0.2, -0.15) is 0 Å². The van der Waals surface area contributed by atoms with Crippen molar-refractivity contribution >= 4 is 32.3 Å². The summed E-state index contributed by atoms with van der Waals surface area (Å²) in [6.07, 6.45) is 3.70. The molecule has 1 aliphatic carbocycles. The highest BCUT2D eigenvalue weighted by Gasteiger charge is 2.38. The second-order valence-electron chi connectivity index (χ2n) is 17.2. The highest BCUT2D eigenvalue weighted by Crippen LogP contribution is 2.54. The van der Waals surface area contributed by atoms with Gasteiger partial charge in [0.15, 0.2) is 5.82 Å². The van der Waals surface area contributed by atoms with Gasteiger partial charge >= 0.3 is 0 Å². The van der Waals surface area contributed by atoms with E-state index in [0.717, 1.165) is 44.6 Å². The van der Waals surface area contributed by atoms with Crippen molar-refractivity contribution in [2.24, 2.45) is 0 Å². The Balaban J connectivity index is 0.992. The zero-order valence-corrected chi connectivity index (χ0v) is 35.0. The number of pyridine rings is 1. The first-order valence-corrected chi connectivity index (χ1v) is 21.7. The van der Waals surface area contributed by atoms with Crippen LogP contribution in [-0.4, -0.2) is 15.0 Å². The maximum atomic E-state index is 5.26. The van der Waals surface area contributed by atoms with Gasteiger partial charge in [0.2, 0.25) is 0 Å². The predicted octanol–water partition coefficient (Wildman–Crippen LogP) is 15.6. The zero-order chi connectivity index (χ0) is 42.1. The number of hydrogen-bond acceptors (Lipinski definition) is 3. The van der Waals surface area contributed by atoms with Crippen molar-refractivity contribution in [3.63, 3.8) is 0 Å². The van der Waals surface area contributed by atoms with E-state index < -0.39 is 0 Å². The molecule has 0 saturated heterocycles. The number of aromatic nitrogens is 3. The van der Waals surface area contributed by atoms with E-state index in [9.17, 15) is 0 Å². The molecule has 9 aromatic carbocycles. The van der Waals surface area contributed by atoms with Crippen LogP contribution in [0.25, 0.3) is 111 Å². The van der Waals surface area contributed by atoms with Crippen molar-refractivity contribution in [1.82, 2.24) is 15.0 Å². The molecule has 3 nitrogen and oxygen atoms in total. The number of fused-ring (bicyclic) bond motifs is 6. The summed E-state index contributed by atoms with van der Waals surface area (Å²) in [4.78, 5) is 14.7. The van der Waals surface area contributed by atoms with E-state index in [1.54, 1.807) is 6.20 Å². The Bertz CT molecular complexity index is 3570. The fourth-order valence-corrected chi connectivity index (χ4v) is 10.1. The summed E-state index contributed by atoms with van der Waals surface area (Å²) in [6, 6.07) is 72.4. The van der Waals surface area contributed by atoms with Gasteiger partial charge in [-0.05, 0) is 112 Å². The third-order valence-corrected chi connectivity index (χ3v) is 13.2. The standard InChI is InChI=1S/C60H41N3/c1-60(2)55-35-42-17-7-6-16-41(42)34-54(55)53-24-12-23-52(58(53)60)50-30-29-48(44-19-8-9-20-45(44)50)49-31-32-51(47-22-11-10-21-46(47)49)57-36-56(62-59(63-57)40-14-4-3-5-15-40)39-27-25-38(26-28-39)43-18-13-33-61-37-43/h3-37H,1-2H3. The van der Waals surface area contributed by atoms with Crippen LogP contribution < -0.4 is 0 Å². The molecule has 0 saturated carbocycles. The van der Waals surface area contributed by atoms with Gasteiger partial charge < -0.3 is 0 Å². The maximum Gasteiger partial charge on any atom is 0.160 e. The first kappa shape index (κ1) is 36.8. The molecule has 63 heavy (non-hydrogen) atoms. The summed E-state index contributed by atoms with van der Waals surface area (Å²) in [5, 5.41) is 7.37. The largest absolute Gasteiger partial charge is 0.264 e. The Morgan fingerprint density at radius 2 is 0.873 bits per heavy atom. The summed E-state index contributed by atoms with van der Waals surface area (Å²) in [5.41, 5.74) is 17.3. The van der Waals surface area contributed by atoms with Crippen LogP contribution in [0.1, 0.15) is 25.0 Å². The summed E-state index contributed by atoms with van der Waals surface area (Å²) in [6.45, 7) is 4.78. The van der Waals surface area contributed by atoms with Gasteiger partial charge in [-0.1, -0.05) is 190 Å². The van der Waals surface area contributed by atoms with E-state index in [1.165, 1.54) is 71.4 Å². The Kier molecular flexibility index (Phi) is 8.52. The van der Waals surface area contributed by atoms with Gasteiger partial charge in [-0.15, -0.1) is 0 Å². The van der Waals surface area contributed by atoms with Crippen LogP contribution in [0.4, 0.5) is 0 Å². The van der Waals surface area contributed by atoms with Crippen LogP contribution >= 0.6 is 0 Å². The Morgan fingerprint density at radius 3 is 1.52 bits per heavy atom. The quantitative estimate of drug-likeness (QED) is 0.168. The van der Waals surface area contributed by atoms with Gasteiger partial charge in [0.05, 0.1) is 11.4 Å². The van der Waals surface area contributed by atoms with E-state index in [0.29, 0.717) is 5.82 Å². The minimum atomic E-state index is -0.165. The SMILES string of the molecule is CC1(C)c2cc3ccccc3cc2-c2cccc(-c3ccc(-c4ccc(-c5cc(-c6ccc(-c7cccnc7)cc6)nc(-c6ccccc6)n5)c5ccccc45)c4ccccc34)c21. The minimum absolute atomic E-state index is 0.165. The molecular weight excluding hydrogens is 763 g/mol. The van der Waals surface area contributed by atoms with Crippen LogP contribution in [0.2, 0.25) is 0 Å². The van der Waals surface area contributed by atoms with Crippen molar-refractivity contribution in [3.8, 4) is 78.4 Å². The fraction of sp³-hybridized carbons (Fsp3) is 0.0500. The number of benzene rings is 9. The van der Waals surface area contributed by atoms with E-state index in [-0.39, 0.29) is 5.41 Å². The van der Waals surface area contributed by atoms with E-state index >= 15 is 0 Å². The maximum absolute atomic E-state index is 5.26. The summed E-state index contributed by atoms with van der Waals surface area (Å²) < 4.78 is 0. The lowest BCUT2D eigenvalue weighted by Crippen LogP contribution is -2.16. The molecule has 2 heterocycles. The molecular formula is C60H41N3. The van der Waals surface area contributed by atoms with E-state index in [1.807, 2.05) is 30.5 Å². The topological polar surface area (TPSA) is 38.7 Å². The monoisotopic (exact) mass is 803 g/mol. The minimum Gasteiger partial charge on any atom is -0.264 e. The number of rotatable bonds is 6. The molecule has 0 bridgehead atoms. The molecule has 3 heteroatoms. The fourth-order valence-electron chi connectivity index (χ4n) is 10.1. The molecule has 0 amide bonds. The van der Waals surface area contributed by atoms with Crippen LogP contribution in [0.5, 0.6) is 0 Å². The van der Waals surface area contributed by atoms with Crippen molar-refractivity contribution in [3.05, 3.63) is 224 Å². The lowest BCUT2D eigenvalue weighted by atomic mass is 9.77. The number of nitrogens with zero attached hydrogens (tertiary/aromatic N) is 3. The van der Waals surface area contributed by atoms with Crippen molar-refractivity contribution in [2.45, 2.75) is 19.3 Å². The molecule has 0 spiro atoms.